The molecule has 0 bridgehead atoms. The maximum absolute atomic E-state index is 12.6. The van der Waals surface area contributed by atoms with Gasteiger partial charge in [-0.2, -0.15) is 0 Å². The molecule has 0 saturated heterocycles. The molecule has 1 aromatic heterocycles. The number of furan rings is 1. The molecule has 0 aliphatic rings. The van der Waals surface area contributed by atoms with E-state index in [1.54, 1.807) is 24.3 Å². The van der Waals surface area contributed by atoms with Gasteiger partial charge in [0, 0.05) is 41.2 Å². The largest absolute Gasteiger partial charge is 0.496 e. The van der Waals surface area contributed by atoms with Crippen molar-refractivity contribution in [1.29, 1.82) is 0 Å². The summed E-state index contributed by atoms with van der Waals surface area (Å²) in [4.78, 5) is 14.4. The standard InChI is InChI=1S/C26H31NO4/c1-7-27(8-2)24(28)14-17(4)21-15-22-23(16-31-26(22)18(5)25(21)29-6)19-10-12-20(13-11-19)30-9-3/h10-16H,7-9H2,1-6H3/b17-14+. The Labute approximate surface area is 184 Å². The second-order valence-electron chi connectivity index (χ2n) is 7.40. The van der Waals surface area contributed by atoms with Gasteiger partial charge in [-0.05, 0) is 64.0 Å². The van der Waals surface area contributed by atoms with Crippen LogP contribution in [0, 0.1) is 6.92 Å². The second kappa shape index (κ2) is 9.73. The predicted molar refractivity (Wildman–Crippen MR) is 126 cm³/mol. The molecule has 0 saturated carbocycles. The van der Waals surface area contributed by atoms with Crippen molar-refractivity contribution in [2.24, 2.45) is 0 Å². The van der Waals surface area contributed by atoms with Crippen LogP contribution in [0.25, 0.3) is 27.7 Å². The molecular weight excluding hydrogens is 390 g/mol. The number of methoxy groups -OCH3 is 1. The smallest absolute Gasteiger partial charge is 0.246 e. The minimum atomic E-state index is 0.00114. The van der Waals surface area contributed by atoms with Crippen LogP contribution in [0.2, 0.25) is 0 Å². The zero-order valence-corrected chi connectivity index (χ0v) is 19.2. The molecule has 0 aliphatic heterocycles. The number of benzene rings is 2. The second-order valence-corrected chi connectivity index (χ2v) is 7.40. The Morgan fingerprint density at radius 2 is 1.81 bits per heavy atom. The van der Waals surface area contributed by atoms with E-state index in [2.05, 4.69) is 6.07 Å². The van der Waals surface area contributed by atoms with E-state index >= 15 is 0 Å². The lowest BCUT2D eigenvalue weighted by Crippen LogP contribution is -2.28. The van der Waals surface area contributed by atoms with Crippen LogP contribution in [0.5, 0.6) is 11.5 Å². The highest BCUT2D eigenvalue weighted by Crippen LogP contribution is 2.40. The third kappa shape index (κ3) is 4.46. The molecule has 3 aromatic rings. The summed E-state index contributed by atoms with van der Waals surface area (Å²) >= 11 is 0. The quantitative estimate of drug-likeness (QED) is 0.413. The minimum Gasteiger partial charge on any atom is -0.496 e. The number of nitrogens with zero attached hydrogens (tertiary/aromatic N) is 1. The highest BCUT2D eigenvalue weighted by atomic mass is 16.5. The number of likely N-dealkylation sites (N-methyl/N-ethyl adjacent to an activating group) is 1. The summed E-state index contributed by atoms with van der Waals surface area (Å²) in [6, 6.07) is 10.0. The predicted octanol–water partition coefficient (Wildman–Crippen LogP) is 6.09. The van der Waals surface area contributed by atoms with E-state index in [0.717, 1.165) is 50.3 Å². The van der Waals surface area contributed by atoms with E-state index in [9.17, 15) is 4.79 Å². The van der Waals surface area contributed by atoms with Crippen molar-refractivity contribution in [3.05, 3.63) is 53.8 Å². The molecule has 0 fully saturated rings. The van der Waals surface area contributed by atoms with Gasteiger partial charge in [-0.25, -0.2) is 0 Å². The fourth-order valence-electron chi connectivity index (χ4n) is 3.88. The van der Waals surface area contributed by atoms with Crippen molar-refractivity contribution < 1.29 is 18.7 Å². The van der Waals surface area contributed by atoms with Crippen LogP contribution in [0.3, 0.4) is 0 Å². The Balaban J connectivity index is 2.12. The number of carbonyl (C=O) groups is 1. The van der Waals surface area contributed by atoms with E-state index in [4.69, 9.17) is 13.9 Å². The van der Waals surface area contributed by atoms with E-state index in [1.165, 1.54) is 0 Å². The lowest BCUT2D eigenvalue weighted by atomic mass is 9.96. The maximum Gasteiger partial charge on any atom is 0.246 e. The normalized spacial score (nSPS) is 11.6. The van der Waals surface area contributed by atoms with Crippen LogP contribution >= 0.6 is 0 Å². The molecule has 0 N–H and O–H groups in total. The van der Waals surface area contributed by atoms with Gasteiger partial charge in [0.2, 0.25) is 5.91 Å². The van der Waals surface area contributed by atoms with Crippen LogP contribution in [-0.2, 0) is 4.79 Å². The van der Waals surface area contributed by atoms with Crippen LogP contribution in [0.4, 0.5) is 0 Å². The van der Waals surface area contributed by atoms with Crippen molar-refractivity contribution in [1.82, 2.24) is 4.90 Å². The number of rotatable bonds is 8. The summed E-state index contributed by atoms with van der Waals surface area (Å²) < 4.78 is 17.2. The average Bonchev–Trinajstić information content (AvgIpc) is 3.19. The summed E-state index contributed by atoms with van der Waals surface area (Å²) in [6.45, 7) is 11.8. The summed E-state index contributed by atoms with van der Waals surface area (Å²) in [7, 11) is 1.65. The fraction of sp³-hybridized carbons (Fsp3) is 0.346. The fourth-order valence-corrected chi connectivity index (χ4v) is 3.88. The Morgan fingerprint density at radius 3 is 2.39 bits per heavy atom. The van der Waals surface area contributed by atoms with Gasteiger partial charge in [0.1, 0.15) is 17.1 Å². The lowest BCUT2D eigenvalue weighted by Gasteiger charge is -2.18. The summed E-state index contributed by atoms with van der Waals surface area (Å²) in [6.07, 6.45) is 3.46. The summed E-state index contributed by atoms with van der Waals surface area (Å²) in [5.41, 5.74) is 5.48. The van der Waals surface area contributed by atoms with Gasteiger partial charge in [0.05, 0.1) is 20.0 Å². The SMILES string of the molecule is CCOc1ccc(-c2coc3c(C)c(OC)c(/C(C)=C/C(=O)N(CC)CC)cc23)cc1. The number of hydrogen-bond donors (Lipinski definition) is 0. The Hall–Kier alpha value is -3.21. The Bertz CT molecular complexity index is 1090. The first-order valence-electron chi connectivity index (χ1n) is 10.7. The molecule has 5 heteroatoms. The van der Waals surface area contributed by atoms with Crippen molar-refractivity contribution in [2.75, 3.05) is 26.8 Å². The van der Waals surface area contributed by atoms with Gasteiger partial charge < -0.3 is 18.8 Å². The highest BCUT2D eigenvalue weighted by molar-refractivity contribution is 6.01. The molecule has 31 heavy (non-hydrogen) atoms. The van der Waals surface area contributed by atoms with Crippen molar-refractivity contribution in [3.8, 4) is 22.6 Å². The number of fused-ring (bicyclic) bond motifs is 1. The van der Waals surface area contributed by atoms with Gasteiger partial charge in [-0.15, -0.1) is 0 Å². The Morgan fingerprint density at radius 1 is 1.13 bits per heavy atom. The van der Waals surface area contributed by atoms with E-state index in [-0.39, 0.29) is 5.91 Å². The average molecular weight is 422 g/mol. The molecule has 0 aliphatic carbocycles. The molecule has 2 aromatic carbocycles. The van der Waals surface area contributed by atoms with Crippen LogP contribution in [0.15, 0.2) is 47.1 Å². The lowest BCUT2D eigenvalue weighted by molar-refractivity contribution is -0.125. The van der Waals surface area contributed by atoms with Crippen LogP contribution < -0.4 is 9.47 Å². The third-order valence-electron chi connectivity index (χ3n) is 5.56. The number of carbonyl (C=O) groups excluding carboxylic acids is 1. The van der Waals surface area contributed by atoms with Crippen molar-refractivity contribution in [3.63, 3.8) is 0 Å². The summed E-state index contributed by atoms with van der Waals surface area (Å²) in [5, 5.41) is 0.987. The van der Waals surface area contributed by atoms with Crippen LogP contribution in [0.1, 0.15) is 38.8 Å². The van der Waals surface area contributed by atoms with Crippen molar-refractivity contribution >= 4 is 22.4 Å². The van der Waals surface area contributed by atoms with E-state index < -0.39 is 0 Å². The topological polar surface area (TPSA) is 51.9 Å². The van der Waals surface area contributed by atoms with Gasteiger partial charge in [0.15, 0.2) is 0 Å². The molecule has 0 atom stereocenters. The zero-order valence-electron chi connectivity index (χ0n) is 19.2. The third-order valence-corrected chi connectivity index (χ3v) is 5.56. The number of allylic oxidation sites excluding steroid dienone is 1. The molecule has 3 rings (SSSR count). The number of aryl methyl sites for hydroxylation is 1. The maximum atomic E-state index is 12.6. The van der Waals surface area contributed by atoms with Gasteiger partial charge in [-0.3, -0.25) is 4.79 Å². The first kappa shape index (κ1) is 22.5. The van der Waals surface area contributed by atoms with Crippen molar-refractivity contribution in [2.45, 2.75) is 34.6 Å². The number of amides is 1. The van der Waals surface area contributed by atoms with Gasteiger partial charge >= 0.3 is 0 Å². The molecule has 0 unspecified atom stereocenters. The molecule has 5 nitrogen and oxygen atoms in total. The minimum absolute atomic E-state index is 0.00114. The molecule has 164 valence electrons. The number of hydrogen-bond acceptors (Lipinski definition) is 4. The van der Waals surface area contributed by atoms with Gasteiger partial charge in [-0.1, -0.05) is 12.1 Å². The molecule has 1 heterocycles. The first-order valence-corrected chi connectivity index (χ1v) is 10.7. The monoisotopic (exact) mass is 421 g/mol. The molecule has 1 amide bonds. The molecular formula is C26H31NO4. The van der Waals surface area contributed by atoms with E-state index in [1.807, 2.05) is 58.9 Å². The molecule has 0 radical (unpaired) electrons. The Kier molecular flexibility index (Phi) is 7.06. The number of ether oxygens (including phenoxy) is 2. The molecule has 0 spiro atoms. The van der Waals surface area contributed by atoms with E-state index in [0.29, 0.717) is 19.7 Å². The summed E-state index contributed by atoms with van der Waals surface area (Å²) in [5.74, 6) is 1.56. The zero-order chi connectivity index (χ0) is 22.5. The highest BCUT2D eigenvalue weighted by Gasteiger charge is 2.19. The van der Waals surface area contributed by atoms with Gasteiger partial charge in [0.25, 0.3) is 0 Å². The first-order chi connectivity index (χ1) is 14.9. The van der Waals surface area contributed by atoms with Crippen LogP contribution in [-0.4, -0.2) is 37.6 Å².